The lowest BCUT2D eigenvalue weighted by Crippen LogP contribution is -2.42. The van der Waals surface area contributed by atoms with Crippen LogP contribution in [0.4, 0.5) is 4.39 Å². The summed E-state index contributed by atoms with van der Waals surface area (Å²) in [6.45, 7) is 0. The number of hydrogen-bond donors (Lipinski definition) is 4. The molecule has 0 fully saturated rings. The molecule has 0 saturated heterocycles. The third-order valence-corrected chi connectivity index (χ3v) is 4.08. The van der Waals surface area contributed by atoms with Crippen molar-refractivity contribution in [1.29, 1.82) is 0 Å². The Bertz CT molecular complexity index is 906. The van der Waals surface area contributed by atoms with Crippen LogP contribution in [0.25, 0.3) is 0 Å². The van der Waals surface area contributed by atoms with Crippen LogP contribution in [0.1, 0.15) is 5.69 Å². The van der Waals surface area contributed by atoms with Gasteiger partial charge in [-0.05, 0) is 36.5 Å². The predicted molar refractivity (Wildman–Crippen MR) is 80.8 cm³/mol. The van der Waals surface area contributed by atoms with E-state index < -0.39 is 27.3 Å². The first-order valence-corrected chi connectivity index (χ1v) is 8.04. The highest BCUT2D eigenvalue weighted by atomic mass is 32.2. The first kappa shape index (κ1) is 17.0. The molecule has 1 heterocycles. The van der Waals surface area contributed by atoms with Crippen molar-refractivity contribution in [2.45, 2.75) is 11.3 Å². The normalized spacial score (nSPS) is 11.2. The quantitative estimate of drug-likeness (QED) is 0.447. The van der Waals surface area contributed by atoms with Crippen molar-refractivity contribution in [3.05, 3.63) is 57.0 Å². The Hall–Kier alpha value is -2.37. The van der Waals surface area contributed by atoms with E-state index in [0.29, 0.717) is 0 Å². The average Bonchev–Trinajstić information content (AvgIpc) is 2.44. The van der Waals surface area contributed by atoms with E-state index >= 15 is 0 Å². The Morgan fingerprint density at radius 2 is 1.87 bits per heavy atom. The van der Waals surface area contributed by atoms with Crippen molar-refractivity contribution < 1.29 is 17.6 Å². The number of nitrogens with one attached hydrogen (secondary N) is 4. The number of carbonyl (C=O) groups is 1. The van der Waals surface area contributed by atoms with Crippen LogP contribution in [-0.2, 0) is 21.2 Å². The number of halogens is 1. The minimum absolute atomic E-state index is 0.0483. The van der Waals surface area contributed by atoms with Crippen LogP contribution < -0.4 is 15.8 Å². The molecule has 8 nitrogen and oxygen atoms in total. The van der Waals surface area contributed by atoms with Gasteiger partial charge < -0.3 is 4.98 Å². The molecule has 122 valence electrons. The van der Waals surface area contributed by atoms with Crippen LogP contribution >= 0.6 is 12.2 Å². The summed E-state index contributed by atoms with van der Waals surface area (Å²) in [6.07, 6.45) is -0.292. The highest BCUT2D eigenvalue weighted by Gasteiger charge is 2.15. The van der Waals surface area contributed by atoms with Crippen LogP contribution in [0, 0.1) is 10.6 Å². The van der Waals surface area contributed by atoms with E-state index in [4.69, 9.17) is 12.2 Å². The lowest BCUT2D eigenvalue weighted by Gasteiger charge is -2.08. The van der Waals surface area contributed by atoms with Gasteiger partial charge in [0.2, 0.25) is 5.91 Å². The van der Waals surface area contributed by atoms with Gasteiger partial charge in [-0.1, -0.05) is 0 Å². The van der Waals surface area contributed by atoms with Crippen molar-refractivity contribution in [1.82, 2.24) is 20.2 Å². The second-order valence-corrected chi connectivity index (χ2v) is 6.49. The largest absolute Gasteiger partial charge is 0.335 e. The molecule has 0 spiro atoms. The first-order chi connectivity index (χ1) is 10.8. The van der Waals surface area contributed by atoms with E-state index in [2.05, 4.69) is 9.97 Å². The maximum atomic E-state index is 12.8. The monoisotopic (exact) mass is 358 g/mol. The van der Waals surface area contributed by atoms with Gasteiger partial charge in [0.05, 0.1) is 11.3 Å². The SMILES string of the molecule is O=C(Cc1cc(=O)[nH]c(=S)[nH]1)NNS(=O)(=O)c1ccc(F)cc1. The summed E-state index contributed by atoms with van der Waals surface area (Å²) in [4.78, 5) is 29.5. The van der Waals surface area contributed by atoms with Crippen molar-refractivity contribution in [2.75, 3.05) is 0 Å². The lowest BCUT2D eigenvalue weighted by atomic mass is 10.3. The van der Waals surface area contributed by atoms with Crippen molar-refractivity contribution in [3.63, 3.8) is 0 Å². The molecule has 0 saturated carbocycles. The summed E-state index contributed by atoms with van der Waals surface area (Å²) in [5.41, 5.74) is 1.72. The van der Waals surface area contributed by atoms with Gasteiger partial charge in [-0.25, -0.2) is 12.8 Å². The molecule has 2 aromatic rings. The van der Waals surface area contributed by atoms with E-state index in [1.807, 2.05) is 10.3 Å². The van der Waals surface area contributed by atoms with Gasteiger partial charge in [0, 0.05) is 11.8 Å². The van der Waals surface area contributed by atoms with Crippen molar-refractivity contribution in [2.24, 2.45) is 0 Å². The summed E-state index contributed by atoms with van der Waals surface area (Å²) in [5, 5.41) is 0. The molecule has 0 aliphatic carbocycles. The molecule has 23 heavy (non-hydrogen) atoms. The Labute approximate surface area is 134 Å². The molecule has 2 rings (SSSR count). The minimum atomic E-state index is -4.03. The van der Waals surface area contributed by atoms with Gasteiger partial charge in [-0.3, -0.25) is 20.0 Å². The molecular weight excluding hydrogens is 347 g/mol. The van der Waals surface area contributed by atoms with Gasteiger partial charge in [-0.15, -0.1) is 4.83 Å². The molecular formula is C12H11FN4O4S2. The molecule has 0 aliphatic heterocycles. The summed E-state index contributed by atoms with van der Waals surface area (Å²) in [5.74, 6) is -1.30. The smallest absolute Gasteiger partial charge is 0.257 e. The lowest BCUT2D eigenvalue weighted by molar-refractivity contribution is -0.120. The molecule has 0 radical (unpaired) electrons. The third-order valence-electron chi connectivity index (χ3n) is 2.62. The summed E-state index contributed by atoms with van der Waals surface area (Å²) in [6, 6.07) is 5.19. The molecule has 0 aliphatic rings. The van der Waals surface area contributed by atoms with Gasteiger partial charge in [-0.2, -0.15) is 0 Å². The number of hydrazine groups is 1. The van der Waals surface area contributed by atoms with E-state index in [9.17, 15) is 22.4 Å². The van der Waals surface area contributed by atoms with Gasteiger partial charge >= 0.3 is 0 Å². The second kappa shape index (κ2) is 6.81. The van der Waals surface area contributed by atoms with Crippen molar-refractivity contribution in [3.8, 4) is 0 Å². The van der Waals surface area contributed by atoms with E-state index in [-0.39, 0.29) is 21.8 Å². The molecule has 1 amide bonds. The highest BCUT2D eigenvalue weighted by molar-refractivity contribution is 7.89. The standard InChI is InChI=1S/C12H11FN4O4S2/c13-7-1-3-9(4-2-7)23(20,21)17-16-11(19)6-8-5-10(18)15-12(22)14-8/h1-5,17H,6H2,(H,16,19)(H2,14,15,18,22). The van der Waals surface area contributed by atoms with Crippen LogP contribution in [-0.4, -0.2) is 24.3 Å². The third kappa shape index (κ3) is 4.81. The number of aromatic amines is 2. The van der Waals surface area contributed by atoms with Crippen LogP contribution in [0.5, 0.6) is 0 Å². The molecule has 1 aromatic carbocycles. The van der Waals surface area contributed by atoms with E-state index in [1.54, 1.807) is 0 Å². The zero-order valence-corrected chi connectivity index (χ0v) is 13.1. The molecule has 11 heteroatoms. The topological polar surface area (TPSA) is 124 Å². The molecule has 0 atom stereocenters. The molecule has 1 aromatic heterocycles. The fourth-order valence-electron chi connectivity index (χ4n) is 1.63. The number of H-pyrrole nitrogens is 2. The maximum Gasteiger partial charge on any atom is 0.257 e. The van der Waals surface area contributed by atoms with Crippen LogP contribution in [0.3, 0.4) is 0 Å². The molecule has 0 unspecified atom stereocenters. The van der Waals surface area contributed by atoms with Gasteiger partial charge in [0.1, 0.15) is 5.82 Å². The number of aromatic nitrogens is 2. The Morgan fingerprint density at radius 3 is 2.48 bits per heavy atom. The number of amides is 1. The second-order valence-electron chi connectivity index (χ2n) is 4.40. The summed E-state index contributed by atoms with van der Waals surface area (Å²) in [7, 11) is -4.03. The minimum Gasteiger partial charge on any atom is -0.335 e. The number of sulfonamides is 1. The number of hydrogen-bond acceptors (Lipinski definition) is 5. The fourth-order valence-corrected chi connectivity index (χ4v) is 2.72. The number of rotatable bonds is 5. The van der Waals surface area contributed by atoms with E-state index in [1.165, 1.54) is 0 Å². The molecule has 4 N–H and O–H groups in total. The fraction of sp³-hybridized carbons (Fsp3) is 0.0833. The Kier molecular flexibility index (Phi) is 5.03. The molecule has 0 bridgehead atoms. The zero-order chi connectivity index (χ0) is 17.0. The highest BCUT2D eigenvalue weighted by Crippen LogP contribution is 2.08. The maximum absolute atomic E-state index is 12.8. The van der Waals surface area contributed by atoms with Gasteiger partial charge in [0.15, 0.2) is 4.77 Å². The number of carbonyl (C=O) groups excluding carboxylic acids is 1. The van der Waals surface area contributed by atoms with Crippen molar-refractivity contribution >= 4 is 28.1 Å². The zero-order valence-electron chi connectivity index (χ0n) is 11.4. The number of benzene rings is 1. The van der Waals surface area contributed by atoms with E-state index in [0.717, 1.165) is 30.3 Å². The predicted octanol–water partition coefficient (Wildman–Crippen LogP) is 0.124. The summed E-state index contributed by atoms with van der Waals surface area (Å²) >= 11 is 4.75. The Morgan fingerprint density at radius 1 is 1.22 bits per heavy atom. The van der Waals surface area contributed by atoms with Crippen LogP contribution in [0.2, 0.25) is 0 Å². The van der Waals surface area contributed by atoms with Gasteiger partial charge in [0.25, 0.3) is 15.6 Å². The first-order valence-electron chi connectivity index (χ1n) is 6.15. The Balaban J connectivity index is 2.02. The summed E-state index contributed by atoms with van der Waals surface area (Å²) < 4.78 is 36.6. The van der Waals surface area contributed by atoms with Crippen LogP contribution in [0.15, 0.2) is 40.0 Å². The average molecular weight is 358 g/mol.